The minimum atomic E-state index is -3.47. The van der Waals surface area contributed by atoms with Crippen molar-refractivity contribution in [2.45, 2.75) is 31.2 Å². The van der Waals surface area contributed by atoms with E-state index in [-0.39, 0.29) is 17.4 Å². The van der Waals surface area contributed by atoms with Crippen LogP contribution in [0.5, 0.6) is 5.75 Å². The smallest absolute Gasteiger partial charge is 0.258 e. The lowest BCUT2D eigenvalue weighted by Gasteiger charge is -2.17. The fourth-order valence-electron chi connectivity index (χ4n) is 3.86. The first-order valence-electron chi connectivity index (χ1n) is 10.4. The highest BCUT2D eigenvalue weighted by Crippen LogP contribution is 2.26. The molecule has 3 aromatic rings. The molecular formula is C24H26N2O4S. The Hall–Kier alpha value is -2.90. The lowest BCUT2D eigenvalue weighted by atomic mass is 10.0. The maximum atomic E-state index is 12.7. The Labute approximate surface area is 182 Å². The van der Waals surface area contributed by atoms with Crippen molar-refractivity contribution in [3.05, 3.63) is 71.8 Å². The van der Waals surface area contributed by atoms with Crippen LogP contribution in [0, 0.1) is 6.92 Å². The molecule has 1 aliphatic heterocycles. The van der Waals surface area contributed by atoms with Gasteiger partial charge in [0.05, 0.1) is 4.90 Å². The summed E-state index contributed by atoms with van der Waals surface area (Å²) >= 11 is 0. The van der Waals surface area contributed by atoms with Crippen LogP contribution in [-0.4, -0.2) is 38.3 Å². The fraction of sp³-hybridized carbons (Fsp3) is 0.292. The number of aryl methyl sites for hydroxylation is 1. The van der Waals surface area contributed by atoms with E-state index in [2.05, 4.69) is 5.32 Å². The molecule has 0 unspecified atom stereocenters. The van der Waals surface area contributed by atoms with Crippen LogP contribution in [0.3, 0.4) is 0 Å². The van der Waals surface area contributed by atoms with Crippen molar-refractivity contribution in [2.24, 2.45) is 0 Å². The molecule has 3 aromatic carbocycles. The second-order valence-corrected chi connectivity index (χ2v) is 9.68. The molecule has 0 radical (unpaired) electrons. The van der Waals surface area contributed by atoms with Crippen LogP contribution < -0.4 is 10.1 Å². The first-order chi connectivity index (χ1) is 14.9. The highest BCUT2D eigenvalue weighted by atomic mass is 32.2. The Morgan fingerprint density at radius 3 is 2.55 bits per heavy atom. The third kappa shape index (κ3) is 4.73. The maximum absolute atomic E-state index is 12.7. The zero-order chi connectivity index (χ0) is 21.8. The standard InChI is InChI=1S/C24H26N2O4S/c1-18-15-21(31(28,29)26-13-4-5-14-26)11-12-23(18)30-17-24(27)25-16-20-9-6-8-19-7-2-3-10-22(19)20/h2-3,6-12,15H,4-5,13-14,16-17H2,1H3,(H,25,27). The molecule has 1 aliphatic rings. The third-order valence-corrected chi connectivity index (χ3v) is 7.46. The summed E-state index contributed by atoms with van der Waals surface area (Å²) in [5.74, 6) is 0.266. The van der Waals surface area contributed by atoms with Gasteiger partial charge in [0.25, 0.3) is 5.91 Å². The van der Waals surface area contributed by atoms with E-state index in [1.807, 2.05) is 42.5 Å². The molecule has 162 valence electrons. The van der Waals surface area contributed by atoms with Gasteiger partial charge in [-0.05, 0) is 59.9 Å². The summed E-state index contributed by atoms with van der Waals surface area (Å²) in [6, 6.07) is 18.8. The Kier molecular flexibility index (Phi) is 6.25. The number of fused-ring (bicyclic) bond motifs is 1. The average molecular weight is 439 g/mol. The SMILES string of the molecule is Cc1cc(S(=O)(=O)N2CCCC2)ccc1OCC(=O)NCc1cccc2ccccc12. The molecule has 1 N–H and O–H groups in total. The summed E-state index contributed by atoms with van der Waals surface area (Å²) < 4.78 is 32.6. The van der Waals surface area contributed by atoms with Gasteiger partial charge in [0.1, 0.15) is 5.75 Å². The van der Waals surface area contributed by atoms with Crippen LogP contribution in [0.4, 0.5) is 0 Å². The summed E-state index contributed by atoms with van der Waals surface area (Å²) in [6.07, 6.45) is 1.79. The van der Waals surface area contributed by atoms with E-state index >= 15 is 0 Å². The molecule has 6 nitrogen and oxygen atoms in total. The second kappa shape index (κ2) is 9.08. The predicted molar refractivity (Wildman–Crippen MR) is 120 cm³/mol. The number of hydrogen-bond acceptors (Lipinski definition) is 4. The van der Waals surface area contributed by atoms with Gasteiger partial charge in [-0.15, -0.1) is 0 Å². The molecule has 0 aliphatic carbocycles. The largest absolute Gasteiger partial charge is 0.484 e. The lowest BCUT2D eigenvalue weighted by molar-refractivity contribution is -0.123. The van der Waals surface area contributed by atoms with Crippen molar-refractivity contribution < 1.29 is 17.9 Å². The first-order valence-corrected chi connectivity index (χ1v) is 11.9. The number of nitrogens with zero attached hydrogens (tertiary/aromatic N) is 1. The van der Waals surface area contributed by atoms with Gasteiger partial charge >= 0.3 is 0 Å². The van der Waals surface area contributed by atoms with Crippen LogP contribution in [-0.2, 0) is 21.4 Å². The topological polar surface area (TPSA) is 75.7 Å². The fourth-order valence-corrected chi connectivity index (χ4v) is 5.46. The number of hydrogen-bond donors (Lipinski definition) is 1. The Balaban J connectivity index is 1.36. The van der Waals surface area contributed by atoms with Crippen LogP contribution >= 0.6 is 0 Å². The Morgan fingerprint density at radius 2 is 1.77 bits per heavy atom. The minimum Gasteiger partial charge on any atom is -0.484 e. The van der Waals surface area contributed by atoms with E-state index < -0.39 is 10.0 Å². The predicted octanol–water partition coefficient (Wildman–Crippen LogP) is 3.63. The highest BCUT2D eigenvalue weighted by molar-refractivity contribution is 7.89. The van der Waals surface area contributed by atoms with Crippen molar-refractivity contribution in [3.8, 4) is 5.75 Å². The van der Waals surface area contributed by atoms with Crippen LogP contribution in [0.2, 0.25) is 0 Å². The van der Waals surface area contributed by atoms with Crippen LogP contribution in [0.1, 0.15) is 24.0 Å². The lowest BCUT2D eigenvalue weighted by Crippen LogP contribution is -2.29. The summed E-state index contributed by atoms with van der Waals surface area (Å²) in [5, 5.41) is 5.12. The highest BCUT2D eigenvalue weighted by Gasteiger charge is 2.27. The molecule has 1 saturated heterocycles. The molecular weight excluding hydrogens is 412 g/mol. The quantitative estimate of drug-likeness (QED) is 0.611. The van der Waals surface area contributed by atoms with E-state index in [1.165, 1.54) is 4.31 Å². The van der Waals surface area contributed by atoms with E-state index in [1.54, 1.807) is 25.1 Å². The van der Waals surface area contributed by atoms with Crippen molar-refractivity contribution in [2.75, 3.05) is 19.7 Å². The molecule has 0 bridgehead atoms. The Bertz CT molecular complexity index is 1200. The zero-order valence-electron chi connectivity index (χ0n) is 17.5. The summed E-state index contributed by atoms with van der Waals surface area (Å²) in [6.45, 7) is 3.19. The van der Waals surface area contributed by atoms with Crippen LogP contribution in [0.25, 0.3) is 10.8 Å². The number of carbonyl (C=O) groups excluding carboxylic acids is 1. The summed E-state index contributed by atoms with van der Waals surface area (Å²) in [4.78, 5) is 12.6. The molecule has 0 aromatic heterocycles. The van der Waals surface area contributed by atoms with Gasteiger partial charge in [-0.1, -0.05) is 42.5 Å². The van der Waals surface area contributed by atoms with E-state index in [4.69, 9.17) is 4.74 Å². The minimum absolute atomic E-state index is 0.135. The Morgan fingerprint density at radius 1 is 1.03 bits per heavy atom. The van der Waals surface area contributed by atoms with Gasteiger partial charge in [-0.2, -0.15) is 4.31 Å². The summed E-state index contributed by atoms with van der Waals surface area (Å²) in [7, 11) is -3.47. The number of ether oxygens (including phenoxy) is 1. The normalized spacial score (nSPS) is 14.6. The number of benzene rings is 3. The average Bonchev–Trinajstić information content (AvgIpc) is 3.32. The number of nitrogens with one attached hydrogen (secondary N) is 1. The molecule has 7 heteroatoms. The van der Waals surface area contributed by atoms with Gasteiger partial charge in [0.2, 0.25) is 10.0 Å². The molecule has 1 fully saturated rings. The molecule has 0 atom stereocenters. The van der Waals surface area contributed by atoms with E-state index in [0.29, 0.717) is 30.9 Å². The van der Waals surface area contributed by atoms with Crippen molar-refractivity contribution >= 4 is 26.7 Å². The number of amides is 1. The zero-order valence-corrected chi connectivity index (χ0v) is 18.3. The number of rotatable bonds is 7. The number of sulfonamides is 1. The molecule has 0 spiro atoms. The van der Waals surface area contributed by atoms with E-state index in [0.717, 1.165) is 29.2 Å². The van der Waals surface area contributed by atoms with Gasteiger partial charge in [0.15, 0.2) is 6.61 Å². The maximum Gasteiger partial charge on any atom is 0.258 e. The first kappa shape index (κ1) is 21.3. The van der Waals surface area contributed by atoms with Crippen LogP contribution in [0.15, 0.2) is 65.6 Å². The van der Waals surface area contributed by atoms with Gasteiger partial charge in [0, 0.05) is 19.6 Å². The summed E-state index contributed by atoms with van der Waals surface area (Å²) in [5.41, 5.74) is 1.72. The second-order valence-electron chi connectivity index (χ2n) is 7.74. The van der Waals surface area contributed by atoms with Gasteiger partial charge in [-0.25, -0.2) is 8.42 Å². The number of carbonyl (C=O) groups is 1. The molecule has 31 heavy (non-hydrogen) atoms. The monoisotopic (exact) mass is 438 g/mol. The molecule has 1 amide bonds. The van der Waals surface area contributed by atoms with Gasteiger partial charge in [-0.3, -0.25) is 4.79 Å². The molecule has 0 saturated carbocycles. The molecule has 4 rings (SSSR count). The van der Waals surface area contributed by atoms with E-state index in [9.17, 15) is 13.2 Å². The van der Waals surface area contributed by atoms with Crippen molar-refractivity contribution in [3.63, 3.8) is 0 Å². The van der Waals surface area contributed by atoms with Gasteiger partial charge < -0.3 is 10.1 Å². The van der Waals surface area contributed by atoms with Crippen molar-refractivity contribution in [1.82, 2.24) is 9.62 Å². The van der Waals surface area contributed by atoms with Crippen molar-refractivity contribution in [1.29, 1.82) is 0 Å². The third-order valence-electron chi connectivity index (χ3n) is 5.56. The molecule has 1 heterocycles.